The molecule has 2 saturated carbocycles. The Bertz CT molecular complexity index is 227. The Hall–Kier alpha value is -0.530. The van der Waals surface area contributed by atoms with Crippen molar-refractivity contribution in [2.24, 2.45) is 5.92 Å². The van der Waals surface area contributed by atoms with Crippen LogP contribution in [0.25, 0.3) is 0 Å². The molecule has 2 heteroatoms. The van der Waals surface area contributed by atoms with Gasteiger partial charge >= 0.3 is 0 Å². The summed E-state index contributed by atoms with van der Waals surface area (Å²) in [5.74, 6) is 1.22. The average Bonchev–Trinajstić information content (AvgIpc) is 2.83. The Labute approximate surface area is 106 Å². The monoisotopic (exact) mass is 237 g/mol. The number of hydrogen-bond donors (Lipinski definition) is 1. The number of rotatable bonds is 5. The summed E-state index contributed by atoms with van der Waals surface area (Å²) in [4.78, 5) is 11.7. The van der Waals surface area contributed by atoms with Crippen molar-refractivity contribution in [3.63, 3.8) is 0 Å². The highest BCUT2D eigenvalue weighted by atomic mass is 16.1. The number of carbonyl (C=O) groups excluding carboxylic acids is 1. The van der Waals surface area contributed by atoms with E-state index in [0.717, 1.165) is 18.8 Å². The predicted molar refractivity (Wildman–Crippen MR) is 70.8 cm³/mol. The van der Waals surface area contributed by atoms with Gasteiger partial charge in [0.2, 0.25) is 5.91 Å². The van der Waals surface area contributed by atoms with E-state index in [1.54, 1.807) is 0 Å². The maximum Gasteiger partial charge on any atom is 0.220 e. The van der Waals surface area contributed by atoms with Crippen molar-refractivity contribution >= 4 is 5.91 Å². The molecule has 0 aliphatic heterocycles. The second-order valence-corrected chi connectivity index (χ2v) is 5.95. The number of amides is 1. The number of nitrogens with one attached hydrogen (secondary N) is 1. The number of hydrogen-bond acceptors (Lipinski definition) is 1. The molecule has 98 valence electrons. The standard InChI is InChI=1S/C15H27NO/c17-15(16-14-10-4-5-11-14)12-6-9-13-7-2-1-3-8-13/h13-14H,1-12H2,(H,16,17). The lowest BCUT2D eigenvalue weighted by molar-refractivity contribution is -0.121. The van der Waals surface area contributed by atoms with Crippen LogP contribution in [0.3, 0.4) is 0 Å². The summed E-state index contributed by atoms with van der Waals surface area (Å²) < 4.78 is 0. The molecule has 0 bridgehead atoms. The first-order valence-electron chi connectivity index (χ1n) is 7.64. The molecule has 0 spiro atoms. The van der Waals surface area contributed by atoms with Crippen LogP contribution >= 0.6 is 0 Å². The van der Waals surface area contributed by atoms with Crippen LogP contribution in [0.1, 0.15) is 77.0 Å². The smallest absolute Gasteiger partial charge is 0.220 e. The molecule has 0 unspecified atom stereocenters. The molecule has 17 heavy (non-hydrogen) atoms. The summed E-state index contributed by atoms with van der Waals surface area (Å²) >= 11 is 0. The van der Waals surface area contributed by atoms with Gasteiger partial charge in [-0.3, -0.25) is 4.79 Å². The minimum Gasteiger partial charge on any atom is -0.353 e. The zero-order valence-electron chi connectivity index (χ0n) is 11.0. The highest BCUT2D eigenvalue weighted by Crippen LogP contribution is 2.27. The van der Waals surface area contributed by atoms with E-state index in [1.165, 1.54) is 64.2 Å². The highest BCUT2D eigenvalue weighted by molar-refractivity contribution is 5.76. The molecule has 2 nitrogen and oxygen atoms in total. The Morgan fingerprint density at radius 3 is 2.29 bits per heavy atom. The van der Waals surface area contributed by atoms with Gasteiger partial charge in [-0.25, -0.2) is 0 Å². The summed E-state index contributed by atoms with van der Waals surface area (Å²) in [5.41, 5.74) is 0. The van der Waals surface area contributed by atoms with Crippen LogP contribution in [0, 0.1) is 5.92 Å². The quantitative estimate of drug-likeness (QED) is 0.774. The zero-order chi connectivity index (χ0) is 11.9. The van der Waals surface area contributed by atoms with Crippen molar-refractivity contribution in [1.82, 2.24) is 5.32 Å². The molecular formula is C15H27NO. The number of carbonyl (C=O) groups is 1. The van der Waals surface area contributed by atoms with E-state index in [1.807, 2.05) is 0 Å². The third-order valence-electron chi connectivity index (χ3n) is 4.46. The first-order valence-corrected chi connectivity index (χ1v) is 7.64. The lowest BCUT2D eigenvalue weighted by Crippen LogP contribution is -2.32. The highest BCUT2D eigenvalue weighted by Gasteiger charge is 2.17. The summed E-state index contributed by atoms with van der Waals surface area (Å²) in [6, 6.07) is 0.497. The minimum absolute atomic E-state index is 0.299. The third-order valence-corrected chi connectivity index (χ3v) is 4.46. The van der Waals surface area contributed by atoms with Gasteiger partial charge < -0.3 is 5.32 Å². The fourth-order valence-corrected chi connectivity index (χ4v) is 3.40. The molecule has 0 radical (unpaired) electrons. The normalized spacial score (nSPS) is 22.8. The maximum absolute atomic E-state index is 11.7. The molecule has 0 aromatic rings. The summed E-state index contributed by atoms with van der Waals surface area (Å²) in [6.07, 6.45) is 15.2. The molecule has 2 aliphatic rings. The average molecular weight is 237 g/mol. The van der Waals surface area contributed by atoms with Crippen LogP contribution in [0.5, 0.6) is 0 Å². The van der Waals surface area contributed by atoms with Crippen molar-refractivity contribution in [2.75, 3.05) is 0 Å². The van der Waals surface area contributed by atoms with Gasteiger partial charge in [0.25, 0.3) is 0 Å². The van der Waals surface area contributed by atoms with Gasteiger partial charge in [0.05, 0.1) is 0 Å². The Morgan fingerprint density at radius 1 is 0.941 bits per heavy atom. The van der Waals surface area contributed by atoms with E-state index in [0.29, 0.717) is 11.9 Å². The van der Waals surface area contributed by atoms with Crippen LogP contribution in [0.15, 0.2) is 0 Å². The van der Waals surface area contributed by atoms with Gasteiger partial charge in [-0.1, -0.05) is 44.9 Å². The van der Waals surface area contributed by atoms with Gasteiger partial charge in [0, 0.05) is 12.5 Å². The molecule has 2 aliphatic carbocycles. The van der Waals surface area contributed by atoms with Crippen LogP contribution in [0.2, 0.25) is 0 Å². The van der Waals surface area contributed by atoms with E-state index in [2.05, 4.69) is 5.32 Å². The zero-order valence-corrected chi connectivity index (χ0v) is 11.0. The first-order chi connectivity index (χ1) is 8.34. The Balaban J connectivity index is 1.53. The second kappa shape index (κ2) is 7.03. The molecule has 2 rings (SSSR count). The lowest BCUT2D eigenvalue weighted by Gasteiger charge is -2.21. The van der Waals surface area contributed by atoms with Crippen molar-refractivity contribution < 1.29 is 4.79 Å². The largest absolute Gasteiger partial charge is 0.353 e. The molecular weight excluding hydrogens is 210 g/mol. The van der Waals surface area contributed by atoms with Crippen LogP contribution in [-0.4, -0.2) is 11.9 Å². The Morgan fingerprint density at radius 2 is 1.59 bits per heavy atom. The van der Waals surface area contributed by atoms with Gasteiger partial charge in [0.1, 0.15) is 0 Å². The van der Waals surface area contributed by atoms with Gasteiger partial charge in [-0.2, -0.15) is 0 Å². The van der Waals surface area contributed by atoms with Crippen LogP contribution < -0.4 is 5.32 Å². The van der Waals surface area contributed by atoms with Crippen molar-refractivity contribution in [3.8, 4) is 0 Å². The van der Waals surface area contributed by atoms with Gasteiger partial charge in [-0.15, -0.1) is 0 Å². The first kappa shape index (κ1) is 12.9. The van der Waals surface area contributed by atoms with E-state index in [4.69, 9.17) is 0 Å². The molecule has 0 saturated heterocycles. The molecule has 0 atom stereocenters. The van der Waals surface area contributed by atoms with Crippen LogP contribution in [-0.2, 0) is 4.79 Å². The molecule has 0 aromatic carbocycles. The minimum atomic E-state index is 0.299. The van der Waals surface area contributed by atoms with Crippen LogP contribution in [0.4, 0.5) is 0 Å². The molecule has 1 N–H and O–H groups in total. The summed E-state index contributed by atoms with van der Waals surface area (Å²) in [7, 11) is 0. The van der Waals surface area contributed by atoms with Crippen molar-refractivity contribution in [2.45, 2.75) is 83.1 Å². The van der Waals surface area contributed by atoms with E-state index in [9.17, 15) is 4.79 Å². The van der Waals surface area contributed by atoms with Crippen molar-refractivity contribution in [3.05, 3.63) is 0 Å². The predicted octanol–water partition coefficient (Wildman–Crippen LogP) is 3.80. The van der Waals surface area contributed by atoms with E-state index in [-0.39, 0.29) is 0 Å². The van der Waals surface area contributed by atoms with E-state index < -0.39 is 0 Å². The molecule has 2 fully saturated rings. The Kier molecular flexibility index (Phi) is 5.34. The van der Waals surface area contributed by atoms with Gasteiger partial charge in [-0.05, 0) is 31.6 Å². The molecule has 1 amide bonds. The molecule has 0 heterocycles. The summed E-state index contributed by atoms with van der Waals surface area (Å²) in [5, 5.41) is 3.18. The SMILES string of the molecule is O=C(CCCC1CCCCC1)NC1CCCC1. The van der Waals surface area contributed by atoms with Gasteiger partial charge in [0.15, 0.2) is 0 Å². The second-order valence-electron chi connectivity index (χ2n) is 5.95. The molecule has 0 aromatic heterocycles. The topological polar surface area (TPSA) is 29.1 Å². The van der Waals surface area contributed by atoms with Crippen molar-refractivity contribution in [1.29, 1.82) is 0 Å². The summed E-state index contributed by atoms with van der Waals surface area (Å²) in [6.45, 7) is 0. The third kappa shape index (κ3) is 4.69. The maximum atomic E-state index is 11.7. The van der Waals surface area contributed by atoms with E-state index >= 15 is 0 Å². The fraction of sp³-hybridized carbons (Fsp3) is 0.933. The fourth-order valence-electron chi connectivity index (χ4n) is 3.40. The lowest BCUT2D eigenvalue weighted by atomic mass is 9.86.